The van der Waals surface area contributed by atoms with Crippen molar-refractivity contribution >= 4 is 0 Å². The zero-order chi connectivity index (χ0) is 11.4. The van der Waals surface area contributed by atoms with Gasteiger partial charge in [-0.1, -0.05) is 0 Å². The fourth-order valence-electron chi connectivity index (χ4n) is 1.86. The highest BCUT2D eigenvalue weighted by Gasteiger charge is 2.15. The highest BCUT2D eigenvalue weighted by atomic mass is 15.3. The van der Waals surface area contributed by atoms with Crippen LogP contribution in [0.4, 0.5) is 0 Å². The molecular weight excluding hydrogens is 188 g/mol. The molecule has 1 unspecified atom stereocenters. The molecule has 0 bridgehead atoms. The zero-order valence-electron chi connectivity index (χ0n) is 9.83. The molecule has 1 N–H and O–H groups in total. The number of hydrogen-bond acceptors (Lipinski definition) is 3. The molecule has 4 heteroatoms. The van der Waals surface area contributed by atoms with Crippen LogP contribution in [-0.4, -0.2) is 16.3 Å². The molecule has 0 aliphatic carbocycles. The van der Waals surface area contributed by atoms with Crippen LogP contribution >= 0.6 is 0 Å². The number of nitrogens with one attached hydrogen (secondary N) is 1. The number of nitrogens with zero attached hydrogens (tertiary/aromatic N) is 3. The van der Waals surface area contributed by atoms with Gasteiger partial charge in [0.05, 0.1) is 11.8 Å². The quantitative estimate of drug-likeness (QED) is 0.761. The van der Waals surface area contributed by atoms with Crippen molar-refractivity contribution < 1.29 is 0 Å². The van der Waals surface area contributed by atoms with E-state index in [0.717, 1.165) is 12.2 Å². The maximum absolute atomic E-state index is 8.46. The fourth-order valence-corrected chi connectivity index (χ4v) is 1.86. The van der Waals surface area contributed by atoms with Crippen molar-refractivity contribution in [3.8, 4) is 6.07 Å². The van der Waals surface area contributed by atoms with E-state index in [-0.39, 0.29) is 6.04 Å². The number of aryl methyl sites for hydroxylation is 2. The third-order valence-corrected chi connectivity index (χ3v) is 2.69. The Labute approximate surface area is 90.9 Å². The molecule has 1 aromatic rings. The first-order valence-corrected chi connectivity index (χ1v) is 5.18. The second-order valence-corrected chi connectivity index (χ2v) is 3.79. The molecule has 0 spiro atoms. The molecule has 82 valence electrons. The van der Waals surface area contributed by atoms with E-state index >= 15 is 0 Å². The largest absolute Gasteiger partial charge is 0.309 e. The molecule has 0 saturated carbocycles. The van der Waals surface area contributed by atoms with Crippen LogP contribution in [0.25, 0.3) is 0 Å². The molecule has 0 aliphatic heterocycles. The minimum atomic E-state index is 0.257. The molecular formula is C11H18N4. The smallest absolute Gasteiger partial charge is 0.0644 e. The Morgan fingerprint density at radius 1 is 1.53 bits per heavy atom. The third kappa shape index (κ3) is 2.57. The maximum Gasteiger partial charge on any atom is 0.0644 e. The van der Waals surface area contributed by atoms with Crippen molar-refractivity contribution in [1.82, 2.24) is 15.1 Å². The molecule has 1 heterocycles. The lowest BCUT2D eigenvalue weighted by Gasteiger charge is -2.13. The average Bonchev–Trinajstić information content (AvgIpc) is 2.41. The van der Waals surface area contributed by atoms with Gasteiger partial charge in [-0.25, -0.2) is 0 Å². The minimum Gasteiger partial charge on any atom is -0.309 e. The van der Waals surface area contributed by atoms with Crippen LogP contribution < -0.4 is 5.32 Å². The molecule has 0 radical (unpaired) electrons. The Morgan fingerprint density at radius 3 is 2.67 bits per heavy atom. The van der Waals surface area contributed by atoms with Gasteiger partial charge < -0.3 is 5.32 Å². The molecule has 1 rings (SSSR count). The Kier molecular flexibility index (Phi) is 3.87. The van der Waals surface area contributed by atoms with Gasteiger partial charge in [-0.15, -0.1) is 0 Å². The summed E-state index contributed by atoms with van der Waals surface area (Å²) >= 11 is 0. The molecule has 0 aromatic carbocycles. The normalized spacial score (nSPS) is 12.5. The number of rotatable bonds is 4. The van der Waals surface area contributed by atoms with Crippen molar-refractivity contribution in [2.45, 2.75) is 33.2 Å². The summed E-state index contributed by atoms with van der Waals surface area (Å²) in [6, 6.07) is 2.38. The molecule has 4 nitrogen and oxygen atoms in total. The van der Waals surface area contributed by atoms with E-state index in [2.05, 4.69) is 30.3 Å². The second-order valence-electron chi connectivity index (χ2n) is 3.79. The van der Waals surface area contributed by atoms with Gasteiger partial charge in [0, 0.05) is 37.3 Å². The standard InChI is InChI=1S/C11H18N4/c1-8(13-7-5-6-12)11-9(2)14-15(4)10(11)3/h8,13H,5,7H2,1-4H3. The lowest BCUT2D eigenvalue weighted by atomic mass is 10.1. The summed E-state index contributed by atoms with van der Waals surface area (Å²) in [5.41, 5.74) is 3.49. The van der Waals surface area contributed by atoms with Gasteiger partial charge >= 0.3 is 0 Å². The van der Waals surface area contributed by atoms with Crippen molar-refractivity contribution in [3.63, 3.8) is 0 Å². The van der Waals surface area contributed by atoms with E-state index in [1.807, 2.05) is 18.7 Å². The Bertz CT molecular complexity index is 373. The van der Waals surface area contributed by atoms with Gasteiger partial charge in [0.15, 0.2) is 0 Å². The number of hydrogen-bond donors (Lipinski definition) is 1. The van der Waals surface area contributed by atoms with Crippen LogP contribution in [-0.2, 0) is 7.05 Å². The maximum atomic E-state index is 8.46. The van der Waals surface area contributed by atoms with E-state index < -0.39 is 0 Å². The lowest BCUT2D eigenvalue weighted by molar-refractivity contribution is 0.577. The molecule has 1 atom stereocenters. The predicted molar refractivity (Wildman–Crippen MR) is 59.3 cm³/mol. The van der Waals surface area contributed by atoms with E-state index in [4.69, 9.17) is 5.26 Å². The SMILES string of the molecule is Cc1nn(C)c(C)c1C(C)NCCC#N. The number of aromatic nitrogens is 2. The summed E-state index contributed by atoms with van der Waals surface area (Å²) in [4.78, 5) is 0. The molecule has 0 saturated heterocycles. The van der Waals surface area contributed by atoms with Crippen molar-refractivity contribution in [3.05, 3.63) is 17.0 Å². The first-order valence-electron chi connectivity index (χ1n) is 5.18. The highest BCUT2D eigenvalue weighted by molar-refractivity contribution is 5.27. The monoisotopic (exact) mass is 206 g/mol. The van der Waals surface area contributed by atoms with Crippen LogP contribution in [0.5, 0.6) is 0 Å². The Balaban J connectivity index is 2.73. The van der Waals surface area contributed by atoms with Crippen molar-refractivity contribution in [2.24, 2.45) is 7.05 Å². The van der Waals surface area contributed by atoms with Crippen LogP contribution in [0.3, 0.4) is 0 Å². The van der Waals surface area contributed by atoms with E-state index in [9.17, 15) is 0 Å². The Morgan fingerprint density at radius 2 is 2.20 bits per heavy atom. The third-order valence-electron chi connectivity index (χ3n) is 2.69. The molecule has 1 aromatic heterocycles. The summed E-state index contributed by atoms with van der Waals surface area (Å²) in [6.45, 7) is 6.92. The fraction of sp³-hybridized carbons (Fsp3) is 0.636. The van der Waals surface area contributed by atoms with Gasteiger partial charge in [0.1, 0.15) is 0 Å². The van der Waals surface area contributed by atoms with Gasteiger partial charge in [0.2, 0.25) is 0 Å². The van der Waals surface area contributed by atoms with Crippen LogP contribution in [0, 0.1) is 25.2 Å². The number of nitriles is 1. The van der Waals surface area contributed by atoms with E-state index in [1.165, 1.54) is 11.3 Å². The first-order chi connectivity index (χ1) is 7.07. The summed E-state index contributed by atoms with van der Waals surface area (Å²) in [5, 5.41) is 16.1. The van der Waals surface area contributed by atoms with Gasteiger partial charge in [-0.05, 0) is 20.8 Å². The summed E-state index contributed by atoms with van der Waals surface area (Å²) in [5.74, 6) is 0. The average molecular weight is 206 g/mol. The first kappa shape index (κ1) is 11.7. The predicted octanol–water partition coefficient (Wildman–Crippen LogP) is 1.60. The lowest BCUT2D eigenvalue weighted by Crippen LogP contribution is -2.20. The highest BCUT2D eigenvalue weighted by Crippen LogP contribution is 2.20. The molecule has 0 fully saturated rings. The van der Waals surface area contributed by atoms with Crippen molar-refractivity contribution in [1.29, 1.82) is 5.26 Å². The minimum absolute atomic E-state index is 0.257. The van der Waals surface area contributed by atoms with Crippen LogP contribution in [0.15, 0.2) is 0 Å². The van der Waals surface area contributed by atoms with Gasteiger partial charge in [-0.3, -0.25) is 4.68 Å². The van der Waals surface area contributed by atoms with E-state index in [1.54, 1.807) is 0 Å². The van der Waals surface area contributed by atoms with Crippen LogP contribution in [0.1, 0.15) is 36.3 Å². The topological polar surface area (TPSA) is 53.6 Å². The summed E-state index contributed by atoms with van der Waals surface area (Å²) < 4.78 is 1.90. The van der Waals surface area contributed by atoms with Crippen LogP contribution in [0.2, 0.25) is 0 Å². The molecule has 0 aliphatic rings. The van der Waals surface area contributed by atoms with Crippen molar-refractivity contribution in [2.75, 3.05) is 6.54 Å². The second kappa shape index (κ2) is 4.94. The van der Waals surface area contributed by atoms with E-state index in [0.29, 0.717) is 6.42 Å². The molecule has 0 amide bonds. The zero-order valence-corrected chi connectivity index (χ0v) is 9.83. The molecule has 15 heavy (non-hydrogen) atoms. The van der Waals surface area contributed by atoms with Gasteiger partial charge in [-0.2, -0.15) is 10.4 Å². The summed E-state index contributed by atoms with van der Waals surface area (Å²) in [6.07, 6.45) is 0.544. The summed E-state index contributed by atoms with van der Waals surface area (Å²) in [7, 11) is 1.95. The Hall–Kier alpha value is -1.34. The van der Waals surface area contributed by atoms with Gasteiger partial charge in [0.25, 0.3) is 0 Å².